The smallest absolute Gasteiger partial charge is 0.246 e. The maximum absolute atomic E-state index is 10.9. The zero-order valence-electron chi connectivity index (χ0n) is 5.90. The maximum Gasteiger partial charge on any atom is 0.348 e. The molecule has 0 aromatic carbocycles. The van der Waals surface area contributed by atoms with Crippen molar-refractivity contribution in [1.29, 1.82) is 0 Å². The number of aromatic amines is 1. The summed E-state index contributed by atoms with van der Waals surface area (Å²) in [6, 6.07) is 1.73. The van der Waals surface area contributed by atoms with Crippen molar-refractivity contribution >= 4 is 5.65 Å². The molecule has 2 aromatic heterocycles. The molecule has 0 fully saturated rings. The Bertz CT molecular complexity index is 441. The summed E-state index contributed by atoms with van der Waals surface area (Å²) in [5.41, 5.74) is 1.19. The predicted molar refractivity (Wildman–Crippen MR) is 38.3 cm³/mol. The van der Waals surface area contributed by atoms with Crippen LogP contribution in [0.2, 0.25) is 0 Å². The van der Waals surface area contributed by atoms with Crippen molar-refractivity contribution in [2.24, 2.45) is 0 Å². The average Bonchev–Trinajstić information content (AvgIpc) is 2.32. The Labute approximate surface area is 61.7 Å². The maximum atomic E-state index is 10.9. The average molecular weight is 150 g/mol. The molecule has 2 aromatic rings. The van der Waals surface area contributed by atoms with E-state index in [1.165, 1.54) is 10.7 Å². The van der Waals surface area contributed by atoms with Gasteiger partial charge in [-0.25, -0.2) is 19.3 Å². The van der Waals surface area contributed by atoms with Gasteiger partial charge in [-0.05, 0) is 6.92 Å². The van der Waals surface area contributed by atoms with Crippen LogP contribution in [-0.4, -0.2) is 19.6 Å². The fourth-order valence-corrected chi connectivity index (χ4v) is 0.903. The minimum absolute atomic E-state index is 0.257. The van der Waals surface area contributed by atoms with Gasteiger partial charge in [0.25, 0.3) is 0 Å². The predicted octanol–water partition coefficient (Wildman–Crippen LogP) is -0.274. The van der Waals surface area contributed by atoms with E-state index >= 15 is 0 Å². The summed E-state index contributed by atoms with van der Waals surface area (Å²) in [4.78, 5) is 14.8. The number of nitrogens with one attached hydrogen (secondary N) is 1. The minimum atomic E-state index is -0.257. The molecule has 0 aliphatic rings. The van der Waals surface area contributed by atoms with Crippen molar-refractivity contribution in [2.45, 2.75) is 6.92 Å². The van der Waals surface area contributed by atoms with E-state index in [-0.39, 0.29) is 5.69 Å². The number of nitrogens with zero attached hydrogens (tertiary/aromatic N) is 3. The molecular weight excluding hydrogens is 144 g/mol. The van der Waals surface area contributed by atoms with Crippen LogP contribution in [0.3, 0.4) is 0 Å². The van der Waals surface area contributed by atoms with Gasteiger partial charge in [-0.1, -0.05) is 0 Å². The van der Waals surface area contributed by atoms with Gasteiger partial charge in [0.1, 0.15) is 6.33 Å². The molecule has 5 nitrogen and oxygen atoms in total. The van der Waals surface area contributed by atoms with Crippen molar-refractivity contribution in [2.75, 3.05) is 0 Å². The Hall–Kier alpha value is -1.65. The molecule has 0 bridgehead atoms. The molecule has 0 radical (unpaired) electrons. The van der Waals surface area contributed by atoms with Gasteiger partial charge in [0, 0.05) is 11.8 Å². The second-order valence-corrected chi connectivity index (χ2v) is 2.29. The van der Waals surface area contributed by atoms with Crippen LogP contribution in [0.15, 0.2) is 17.2 Å². The van der Waals surface area contributed by atoms with Crippen LogP contribution >= 0.6 is 0 Å². The van der Waals surface area contributed by atoms with Gasteiger partial charge in [-0.2, -0.15) is 5.10 Å². The lowest BCUT2D eigenvalue weighted by molar-refractivity contribution is 0.984. The summed E-state index contributed by atoms with van der Waals surface area (Å²) in [5, 5.41) is 6.09. The van der Waals surface area contributed by atoms with Crippen molar-refractivity contribution in [3.63, 3.8) is 0 Å². The molecule has 0 atom stereocenters. The van der Waals surface area contributed by atoms with Gasteiger partial charge in [0.2, 0.25) is 0 Å². The summed E-state index contributed by atoms with van der Waals surface area (Å²) in [5.74, 6) is 0. The van der Waals surface area contributed by atoms with E-state index in [0.717, 1.165) is 5.69 Å². The van der Waals surface area contributed by atoms with Gasteiger partial charge in [0.05, 0.1) is 0 Å². The molecule has 0 amide bonds. The molecule has 2 rings (SSSR count). The van der Waals surface area contributed by atoms with Crippen LogP contribution in [0.4, 0.5) is 0 Å². The number of hydrogen-bond donors (Lipinski definition) is 1. The third kappa shape index (κ3) is 0.813. The van der Waals surface area contributed by atoms with E-state index in [0.29, 0.717) is 5.65 Å². The molecule has 0 spiro atoms. The molecule has 2 heterocycles. The van der Waals surface area contributed by atoms with E-state index in [4.69, 9.17) is 0 Å². The van der Waals surface area contributed by atoms with Gasteiger partial charge in [-0.15, -0.1) is 0 Å². The quantitative estimate of drug-likeness (QED) is 0.562. The normalized spacial score (nSPS) is 10.6. The van der Waals surface area contributed by atoms with Gasteiger partial charge < -0.3 is 0 Å². The molecule has 11 heavy (non-hydrogen) atoms. The minimum Gasteiger partial charge on any atom is -0.246 e. The number of rotatable bonds is 0. The summed E-state index contributed by atoms with van der Waals surface area (Å²) in [6.07, 6.45) is 1.45. The van der Waals surface area contributed by atoms with Crippen molar-refractivity contribution in [1.82, 2.24) is 19.6 Å². The molecule has 0 unspecified atom stereocenters. The highest BCUT2D eigenvalue weighted by molar-refractivity contribution is 5.35. The lowest BCUT2D eigenvalue weighted by Gasteiger charge is -1.89. The van der Waals surface area contributed by atoms with Crippen LogP contribution in [-0.2, 0) is 0 Å². The van der Waals surface area contributed by atoms with Crippen LogP contribution in [0, 0.1) is 6.92 Å². The van der Waals surface area contributed by atoms with Gasteiger partial charge >= 0.3 is 5.69 Å². The number of aryl methyl sites for hydroxylation is 1. The summed E-state index contributed by atoms with van der Waals surface area (Å²) in [6.45, 7) is 1.85. The Morgan fingerprint density at radius 1 is 1.64 bits per heavy atom. The highest BCUT2D eigenvalue weighted by Crippen LogP contribution is 1.94. The molecule has 56 valence electrons. The monoisotopic (exact) mass is 150 g/mol. The number of fused-ring (bicyclic) bond motifs is 1. The molecule has 0 aliphatic carbocycles. The Morgan fingerprint density at radius 2 is 2.45 bits per heavy atom. The van der Waals surface area contributed by atoms with E-state index in [1.54, 1.807) is 6.07 Å². The third-order valence-corrected chi connectivity index (χ3v) is 1.45. The fraction of sp³-hybridized carbons (Fsp3) is 0.167. The number of hydrogen-bond acceptors (Lipinski definition) is 3. The van der Waals surface area contributed by atoms with Crippen molar-refractivity contribution in [3.8, 4) is 0 Å². The third-order valence-electron chi connectivity index (χ3n) is 1.45. The highest BCUT2D eigenvalue weighted by atomic mass is 16.1. The van der Waals surface area contributed by atoms with Crippen molar-refractivity contribution in [3.05, 3.63) is 28.6 Å². The molecule has 0 saturated heterocycles. The molecular formula is C6H6N4O. The summed E-state index contributed by atoms with van der Waals surface area (Å²) < 4.78 is 1.35. The topological polar surface area (TPSA) is 63.0 Å². The Morgan fingerprint density at radius 3 is 3.27 bits per heavy atom. The summed E-state index contributed by atoms with van der Waals surface area (Å²) in [7, 11) is 0. The first-order valence-corrected chi connectivity index (χ1v) is 3.17. The Kier molecular flexibility index (Phi) is 1.06. The second-order valence-electron chi connectivity index (χ2n) is 2.29. The van der Waals surface area contributed by atoms with Gasteiger partial charge in [0.15, 0.2) is 5.65 Å². The lowest BCUT2D eigenvalue weighted by Crippen LogP contribution is -2.09. The van der Waals surface area contributed by atoms with Crippen molar-refractivity contribution < 1.29 is 0 Å². The summed E-state index contributed by atoms with van der Waals surface area (Å²) >= 11 is 0. The number of aromatic nitrogens is 4. The fourth-order valence-electron chi connectivity index (χ4n) is 0.903. The molecule has 1 N–H and O–H groups in total. The van der Waals surface area contributed by atoms with E-state index in [9.17, 15) is 4.79 Å². The first kappa shape index (κ1) is 6.09. The highest BCUT2D eigenvalue weighted by Gasteiger charge is 1.97. The first-order chi connectivity index (χ1) is 5.27. The lowest BCUT2D eigenvalue weighted by atomic mass is 10.4. The molecule has 0 aliphatic heterocycles. The van der Waals surface area contributed by atoms with Crippen LogP contribution in [0.25, 0.3) is 5.65 Å². The van der Waals surface area contributed by atoms with E-state index in [2.05, 4.69) is 15.2 Å². The van der Waals surface area contributed by atoms with Gasteiger partial charge in [-0.3, -0.25) is 0 Å². The van der Waals surface area contributed by atoms with Crippen LogP contribution in [0.1, 0.15) is 5.69 Å². The number of H-pyrrole nitrogens is 1. The zero-order valence-corrected chi connectivity index (χ0v) is 5.90. The standard InChI is InChI=1S/C6H6N4O/c1-4-2-5-8-9-6(11)10(5)3-7-4/h2-3H,1H3,(H,9,11). The van der Waals surface area contributed by atoms with Crippen LogP contribution in [0.5, 0.6) is 0 Å². The Balaban J connectivity index is 2.97. The van der Waals surface area contributed by atoms with E-state index in [1.807, 2.05) is 6.92 Å². The molecule has 0 saturated carbocycles. The largest absolute Gasteiger partial charge is 0.348 e. The zero-order chi connectivity index (χ0) is 7.84. The first-order valence-electron chi connectivity index (χ1n) is 3.17. The van der Waals surface area contributed by atoms with Crippen LogP contribution < -0.4 is 5.69 Å². The second kappa shape index (κ2) is 1.91. The molecule has 5 heteroatoms. The SMILES string of the molecule is Cc1cc2n[nH]c(=O)n2cn1. The van der Waals surface area contributed by atoms with E-state index < -0.39 is 0 Å².